The Morgan fingerprint density at radius 3 is 2.64 bits per heavy atom. The van der Waals surface area contributed by atoms with Crippen LogP contribution in [0.1, 0.15) is 40.7 Å². The Hall–Kier alpha value is -4.42. The second-order valence-electron chi connectivity index (χ2n) is 10.8. The average molecular weight is 609 g/mol. The number of hydrogen-bond donors (Lipinski definition) is 1. The molecule has 8 nitrogen and oxygen atoms in total. The highest BCUT2D eigenvalue weighted by Gasteiger charge is 2.32. The van der Waals surface area contributed by atoms with E-state index in [-0.39, 0.29) is 17.3 Å². The predicted octanol–water partition coefficient (Wildman–Crippen LogP) is 6.44. The number of nitrogens with one attached hydrogen (secondary N) is 1. The zero-order chi connectivity index (χ0) is 31.4. The third kappa shape index (κ3) is 7.20. The number of likely N-dealkylation sites (N-methyl/N-ethyl adjacent to an activating group) is 1. The van der Waals surface area contributed by atoms with Gasteiger partial charge in [0.15, 0.2) is 0 Å². The normalized spacial score (nSPS) is 15.5. The number of benzene rings is 2. The van der Waals surface area contributed by atoms with Crippen molar-refractivity contribution in [2.24, 2.45) is 0 Å². The maximum Gasteiger partial charge on any atom is 0.416 e. The van der Waals surface area contributed by atoms with Crippen LogP contribution in [0.15, 0.2) is 67.0 Å². The van der Waals surface area contributed by atoms with Gasteiger partial charge in [-0.15, -0.1) is 0 Å². The summed E-state index contributed by atoms with van der Waals surface area (Å²) >= 11 is 0. The fourth-order valence-corrected chi connectivity index (χ4v) is 5.05. The van der Waals surface area contributed by atoms with Crippen LogP contribution in [0.3, 0.4) is 0 Å². The molecule has 1 N–H and O–H groups in total. The smallest absolute Gasteiger partial charge is 0.416 e. The molecule has 4 aromatic rings. The van der Waals surface area contributed by atoms with Gasteiger partial charge in [-0.05, 0) is 74.6 Å². The van der Waals surface area contributed by atoms with Crippen LogP contribution < -0.4 is 10.1 Å². The third-order valence-electron chi connectivity index (χ3n) is 7.52. The van der Waals surface area contributed by atoms with Crippen LogP contribution >= 0.6 is 0 Å². The molecule has 0 saturated carbocycles. The molecular weight excluding hydrogens is 576 g/mol. The summed E-state index contributed by atoms with van der Waals surface area (Å²) in [4.78, 5) is 30.6. The maximum absolute atomic E-state index is 15.0. The quantitative estimate of drug-likeness (QED) is 0.219. The highest BCUT2D eigenvalue weighted by Crippen LogP contribution is 2.34. The molecule has 1 atom stereocenters. The van der Waals surface area contributed by atoms with E-state index in [1.165, 1.54) is 24.4 Å². The van der Waals surface area contributed by atoms with Gasteiger partial charge >= 0.3 is 6.18 Å². The minimum Gasteiger partial charge on any atom is -0.438 e. The van der Waals surface area contributed by atoms with E-state index in [0.717, 1.165) is 37.7 Å². The van der Waals surface area contributed by atoms with Gasteiger partial charge in [0.05, 0.1) is 22.4 Å². The number of aromatic nitrogens is 3. The van der Waals surface area contributed by atoms with Gasteiger partial charge in [0.2, 0.25) is 5.88 Å². The summed E-state index contributed by atoms with van der Waals surface area (Å²) in [7, 11) is 3.97. The molecule has 1 amide bonds. The van der Waals surface area contributed by atoms with Crippen molar-refractivity contribution in [1.29, 1.82) is 0 Å². The van der Waals surface area contributed by atoms with Crippen LogP contribution in [-0.2, 0) is 19.1 Å². The van der Waals surface area contributed by atoms with Crippen LogP contribution in [0.2, 0.25) is 0 Å². The van der Waals surface area contributed by atoms with E-state index in [9.17, 15) is 22.4 Å². The second kappa shape index (κ2) is 13.1. The number of hydrogen-bond acceptors (Lipinski definition) is 7. The molecule has 1 aliphatic heterocycles. The number of carbonyl (C=O) groups excluding carboxylic acids is 1. The Kier molecular flexibility index (Phi) is 9.21. The summed E-state index contributed by atoms with van der Waals surface area (Å²) in [6.07, 6.45) is 0.0761. The minimum absolute atomic E-state index is 0.0358. The molecule has 2 aromatic carbocycles. The number of alkyl halides is 3. The summed E-state index contributed by atoms with van der Waals surface area (Å²) in [5, 5.41) is 2.52. The fourth-order valence-electron chi connectivity index (χ4n) is 5.05. The van der Waals surface area contributed by atoms with Gasteiger partial charge in [-0.25, -0.2) is 19.3 Å². The van der Waals surface area contributed by atoms with Crippen molar-refractivity contribution in [3.63, 3.8) is 0 Å². The van der Waals surface area contributed by atoms with E-state index in [1.807, 2.05) is 21.0 Å². The summed E-state index contributed by atoms with van der Waals surface area (Å²) in [6.45, 7) is 3.75. The molecule has 1 fully saturated rings. The van der Waals surface area contributed by atoms with Gasteiger partial charge in [0.1, 0.15) is 17.4 Å². The fraction of sp³-hybridized carbons (Fsp3) is 0.312. The largest absolute Gasteiger partial charge is 0.438 e. The van der Waals surface area contributed by atoms with Gasteiger partial charge < -0.3 is 15.0 Å². The average Bonchev–Trinajstić information content (AvgIpc) is 3.48. The number of amides is 1. The van der Waals surface area contributed by atoms with Crippen LogP contribution in [0.25, 0.3) is 11.3 Å². The topological polar surface area (TPSA) is 83.5 Å². The van der Waals surface area contributed by atoms with Crippen LogP contribution in [-0.4, -0.2) is 63.9 Å². The SMILES string of the molecule is CCc1nccc(-c2cccnc2Oc2ccc(F)c(C(=O)Nc3cc(C(F)(F)F)ccc3CN3CC[C@@H](N(C)C)C3)c2)n1. The summed E-state index contributed by atoms with van der Waals surface area (Å²) in [5.41, 5.74) is 0.283. The number of rotatable bonds is 9. The molecule has 12 heteroatoms. The van der Waals surface area contributed by atoms with Gasteiger partial charge in [0.25, 0.3) is 5.91 Å². The van der Waals surface area contributed by atoms with Crippen molar-refractivity contribution >= 4 is 11.6 Å². The zero-order valence-corrected chi connectivity index (χ0v) is 24.5. The number of likely N-dealkylation sites (tertiary alicyclic amines) is 1. The summed E-state index contributed by atoms with van der Waals surface area (Å²) in [5.74, 6) is -0.855. The highest BCUT2D eigenvalue weighted by molar-refractivity contribution is 6.05. The summed E-state index contributed by atoms with van der Waals surface area (Å²) in [6, 6.07) is 12.3. The Morgan fingerprint density at radius 1 is 1.09 bits per heavy atom. The maximum atomic E-state index is 15.0. The lowest BCUT2D eigenvalue weighted by Crippen LogP contribution is -2.31. The summed E-state index contributed by atoms with van der Waals surface area (Å²) < 4.78 is 61.7. The van der Waals surface area contributed by atoms with E-state index in [1.54, 1.807) is 24.4 Å². The Labute approximate surface area is 252 Å². The van der Waals surface area contributed by atoms with Crippen molar-refractivity contribution in [1.82, 2.24) is 24.8 Å². The van der Waals surface area contributed by atoms with E-state index in [4.69, 9.17) is 4.74 Å². The van der Waals surface area contributed by atoms with Crippen molar-refractivity contribution < 1.29 is 27.1 Å². The van der Waals surface area contributed by atoms with Crippen molar-refractivity contribution in [2.75, 3.05) is 32.5 Å². The second-order valence-corrected chi connectivity index (χ2v) is 10.8. The number of halogens is 4. The van der Waals surface area contributed by atoms with Gasteiger partial charge in [0, 0.05) is 50.2 Å². The number of ether oxygens (including phenoxy) is 1. The first kappa shape index (κ1) is 31.0. The first-order valence-corrected chi connectivity index (χ1v) is 14.2. The van der Waals surface area contributed by atoms with Gasteiger partial charge in [-0.1, -0.05) is 13.0 Å². The van der Waals surface area contributed by atoms with Crippen LogP contribution in [0.5, 0.6) is 11.6 Å². The Morgan fingerprint density at radius 2 is 1.91 bits per heavy atom. The van der Waals surface area contributed by atoms with Crippen LogP contribution in [0.4, 0.5) is 23.2 Å². The Bertz CT molecular complexity index is 1650. The number of anilines is 1. The Balaban J connectivity index is 1.41. The minimum atomic E-state index is -4.62. The number of pyridine rings is 1. The molecule has 0 bridgehead atoms. The molecule has 3 heterocycles. The van der Waals surface area contributed by atoms with Crippen molar-refractivity contribution in [2.45, 2.75) is 38.5 Å². The molecule has 0 spiro atoms. The molecule has 0 unspecified atom stereocenters. The lowest BCUT2D eigenvalue weighted by molar-refractivity contribution is -0.137. The molecule has 1 saturated heterocycles. The molecule has 1 aliphatic rings. The third-order valence-corrected chi connectivity index (χ3v) is 7.52. The predicted molar refractivity (Wildman–Crippen MR) is 158 cm³/mol. The molecule has 5 rings (SSSR count). The van der Waals surface area contributed by atoms with Crippen molar-refractivity contribution in [3.05, 3.63) is 95.3 Å². The van der Waals surface area contributed by atoms with E-state index in [0.29, 0.717) is 41.7 Å². The molecule has 230 valence electrons. The molecular formula is C32H32F4N6O2. The first-order chi connectivity index (χ1) is 21.0. The lowest BCUT2D eigenvalue weighted by atomic mass is 10.1. The number of aryl methyl sites for hydroxylation is 1. The van der Waals surface area contributed by atoms with E-state index >= 15 is 0 Å². The number of carbonyl (C=O) groups is 1. The molecule has 44 heavy (non-hydrogen) atoms. The molecule has 0 radical (unpaired) electrons. The molecule has 2 aromatic heterocycles. The standard InChI is InChI=1S/C32H32F4N6O2/c1-4-29-37-14-11-27(39-29)24-6-5-13-38-31(24)44-23-9-10-26(33)25(17-23)30(43)40-28-16-21(32(34,35)36)8-7-20(28)18-42-15-12-22(19-42)41(2)3/h5-11,13-14,16-17,22H,4,12,15,18-19H2,1-3H3,(H,40,43)/t22-/m1/s1. The highest BCUT2D eigenvalue weighted by atomic mass is 19.4. The molecule has 0 aliphatic carbocycles. The number of nitrogens with zero attached hydrogens (tertiary/aromatic N) is 5. The van der Waals surface area contributed by atoms with Crippen LogP contribution in [0, 0.1) is 5.82 Å². The van der Waals surface area contributed by atoms with Crippen molar-refractivity contribution in [3.8, 4) is 22.9 Å². The zero-order valence-electron chi connectivity index (χ0n) is 24.5. The first-order valence-electron chi connectivity index (χ1n) is 14.2. The van der Waals surface area contributed by atoms with Gasteiger partial charge in [-0.2, -0.15) is 13.2 Å². The monoisotopic (exact) mass is 608 g/mol. The lowest BCUT2D eigenvalue weighted by Gasteiger charge is -2.22. The van der Waals surface area contributed by atoms with E-state index < -0.39 is 29.0 Å². The van der Waals surface area contributed by atoms with Gasteiger partial charge in [-0.3, -0.25) is 9.69 Å². The van der Waals surface area contributed by atoms with E-state index in [2.05, 4.69) is 30.1 Å².